The van der Waals surface area contributed by atoms with Gasteiger partial charge in [0.1, 0.15) is 16.9 Å². The molecule has 0 spiro atoms. The fraction of sp³-hybridized carbons (Fsp3) is 0.238. The third-order valence-electron chi connectivity index (χ3n) is 5.20. The minimum absolute atomic E-state index is 0.227. The van der Waals surface area contributed by atoms with E-state index in [0.717, 1.165) is 36.0 Å². The lowest BCUT2D eigenvalue weighted by atomic mass is 10.2. The lowest BCUT2D eigenvalue weighted by Gasteiger charge is -2.35. The summed E-state index contributed by atoms with van der Waals surface area (Å²) in [5.74, 6) is 0.674. The standard InChI is InChI=1S/C21H19BrN4O2/c22-14-6-7-17-16(12-14)19-20(28-17)21(27)24-18(23-19)13-25-8-10-26(11-9-25)15-4-2-1-3-5-15/h1-7,12H,8-11,13H2,(H,23,24,27). The Kier molecular flexibility index (Phi) is 4.41. The van der Waals surface area contributed by atoms with Gasteiger partial charge in [-0.05, 0) is 30.3 Å². The first-order valence-corrected chi connectivity index (χ1v) is 10.1. The molecule has 4 aromatic rings. The van der Waals surface area contributed by atoms with Crippen molar-refractivity contribution >= 4 is 43.7 Å². The van der Waals surface area contributed by atoms with Gasteiger partial charge < -0.3 is 14.3 Å². The monoisotopic (exact) mass is 438 g/mol. The second-order valence-electron chi connectivity index (χ2n) is 7.03. The Labute approximate surface area is 169 Å². The van der Waals surface area contributed by atoms with Gasteiger partial charge in [-0.1, -0.05) is 34.1 Å². The van der Waals surface area contributed by atoms with E-state index >= 15 is 0 Å². The predicted octanol–water partition coefficient (Wildman–Crippen LogP) is 3.75. The number of para-hydroxylation sites is 1. The van der Waals surface area contributed by atoms with Crippen molar-refractivity contribution in [2.75, 3.05) is 31.1 Å². The van der Waals surface area contributed by atoms with Gasteiger partial charge in [0.25, 0.3) is 5.56 Å². The number of piperazine rings is 1. The first-order valence-electron chi connectivity index (χ1n) is 9.31. The Balaban J connectivity index is 1.38. The number of anilines is 1. The van der Waals surface area contributed by atoms with Gasteiger partial charge >= 0.3 is 0 Å². The van der Waals surface area contributed by atoms with Crippen LogP contribution in [0.4, 0.5) is 5.69 Å². The van der Waals surface area contributed by atoms with Gasteiger partial charge in [-0.3, -0.25) is 9.69 Å². The van der Waals surface area contributed by atoms with Crippen LogP contribution in [0.25, 0.3) is 22.1 Å². The average molecular weight is 439 g/mol. The second-order valence-corrected chi connectivity index (χ2v) is 7.95. The SMILES string of the molecule is O=c1[nH]c(CN2CCN(c3ccccc3)CC2)nc2c1oc1ccc(Br)cc12. The molecule has 28 heavy (non-hydrogen) atoms. The van der Waals surface area contributed by atoms with Crippen LogP contribution >= 0.6 is 15.9 Å². The quantitative estimate of drug-likeness (QED) is 0.527. The molecular formula is C21H19BrN4O2. The van der Waals surface area contributed by atoms with E-state index in [1.165, 1.54) is 5.69 Å². The number of rotatable bonds is 3. The van der Waals surface area contributed by atoms with E-state index in [1.807, 2.05) is 24.3 Å². The van der Waals surface area contributed by atoms with Crippen LogP contribution in [0.2, 0.25) is 0 Å². The molecule has 7 heteroatoms. The van der Waals surface area contributed by atoms with E-state index in [1.54, 1.807) is 0 Å². The van der Waals surface area contributed by atoms with Crippen LogP contribution in [0.15, 0.2) is 62.2 Å². The van der Waals surface area contributed by atoms with Crippen molar-refractivity contribution in [1.82, 2.24) is 14.9 Å². The molecule has 1 N–H and O–H groups in total. The lowest BCUT2D eigenvalue weighted by Crippen LogP contribution is -2.46. The van der Waals surface area contributed by atoms with E-state index in [2.05, 4.69) is 55.0 Å². The molecule has 0 saturated carbocycles. The normalized spacial score (nSPS) is 15.5. The number of H-pyrrole nitrogens is 1. The van der Waals surface area contributed by atoms with Crippen molar-refractivity contribution in [2.45, 2.75) is 6.54 Å². The zero-order chi connectivity index (χ0) is 19.1. The molecule has 5 rings (SSSR count). The molecule has 0 amide bonds. The van der Waals surface area contributed by atoms with Crippen LogP contribution in [0.5, 0.6) is 0 Å². The maximum atomic E-state index is 12.5. The van der Waals surface area contributed by atoms with E-state index in [4.69, 9.17) is 9.40 Å². The molecular weight excluding hydrogens is 420 g/mol. The molecule has 0 unspecified atom stereocenters. The number of benzene rings is 2. The summed E-state index contributed by atoms with van der Waals surface area (Å²) < 4.78 is 6.63. The molecule has 2 aromatic carbocycles. The van der Waals surface area contributed by atoms with Crippen molar-refractivity contribution in [1.29, 1.82) is 0 Å². The minimum Gasteiger partial charge on any atom is -0.449 e. The molecule has 0 radical (unpaired) electrons. The van der Waals surface area contributed by atoms with Crippen LogP contribution in [-0.4, -0.2) is 41.0 Å². The van der Waals surface area contributed by atoms with Crippen LogP contribution in [0.3, 0.4) is 0 Å². The van der Waals surface area contributed by atoms with E-state index in [0.29, 0.717) is 23.5 Å². The van der Waals surface area contributed by atoms with Crippen LogP contribution in [0.1, 0.15) is 5.82 Å². The fourth-order valence-electron chi connectivity index (χ4n) is 3.76. The number of hydrogen-bond donors (Lipinski definition) is 1. The number of aromatic amines is 1. The first kappa shape index (κ1) is 17.5. The molecule has 6 nitrogen and oxygen atoms in total. The Morgan fingerprint density at radius 1 is 1.07 bits per heavy atom. The average Bonchev–Trinajstić information content (AvgIpc) is 3.08. The number of fused-ring (bicyclic) bond motifs is 3. The van der Waals surface area contributed by atoms with Gasteiger partial charge in [-0.2, -0.15) is 0 Å². The Morgan fingerprint density at radius 2 is 1.86 bits per heavy atom. The molecule has 3 heterocycles. The maximum absolute atomic E-state index is 12.5. The van der Waals surface area contributed by atoms with E-state index in [-0.39, 0.29) is 11.1 Å². The van der Waals surface area contributed by atoms with Crippen molar-refractivity contribution in [3.63, 3.8) is 0 Å². The largest absolute Gasteiger partial charge is 0.449 e. The summed E-state index contributed by atoms with van der Waals surface area (Å²) in [7, 11) is 0. The van der Waals surface area contributed by atoms with Crippen molar-refractivity contribution in [3.05, 3.63) is 69.2 Å². The number of furan rings is 1. The summed E-state index contributed by atoms with van der Waals surface area (Å²) in [4.78, 5) is 24.8. The third kappa shape index (κ3) is 3.21. The van der Waals surface area contributed by atoms with Crippen molar-refractivity contribution in [2.24, 2.45) is 0 Å². The highest BCUT2D eigenvalue weighted by atomic mass is 79.9. The summed E-state index contributed by atoms with van der Waals surface area (Å²) in [5, 5.41) is 0.852. The van der Waals surface area contributed by atoms with E-state index in [9.17, 15) is 4.79 Å². The maximum Gasteiger partial charge on any atom is 0.294 e. The molecule has 1 aliphatic heterocycles. The number of nitrogens with zero attached hydrogens (tertiary/aromatic N) is 3. The molecule has 2 aromatic heterocycles. The molecule has 1 saturated heterocycles. The summed E-state index contributed by atoms with van der Waals surface area (Å²) in [6.07, 6.45) is 0. The number of halogens is 1. The Hall–Kier alpha value is -2.64. The number of hydrogen-bond acceptors (Lipinski definition) is 5. The zero-order valence-electron chi connectivity index (χ0n) is 15.2. The molecule has 1 aliphatic rings. The van der Waals surface area contributed by atoms with Gasteiger partial charge in [-0.25, -0.2) is 4.98 Å². The van der Waals surface area contributed by atoms with Gasteiger partial charge in [0.15, 0.2) is 0 Å². The topological polar surface area (TPSA) is 65.4 Å². The zero-order valence-corrected chi connectivity index (χ0v) is 16.8. The molecule has 0 bridgehead atoms. The van der Waals surface area contributed by atoms with Crippen molar-refractivity contribution in [3.8, 4) is 0 Å². The minimum atomic E-state index is -0.227. The summed E-state index contributed by atoms with van der Waals surface area (Å²) in [5.41, 5.74) is 2.61. The lowest BCUT2D eigenvalue weighted by molar-refractivity contribution is 0.244. The highest BCUT2D eigenvalue weighted by molar-refractivity contribution is 9.10. The van der Waals surface area contributed by atoms with Crippen LogP contribution in [-0.2, 0) is 6.54 Å². The molecule has 0 aliphatic carbocycles. The highest BCUT2D eigenvalue weighted by Crippen LogP contribution is 2.28. The number of nitrogens with one attached hydrogen (secondary N) is 1. The Morgan fingerprint density at radius 3 is 2.64 bits per heavy atom. The predicted molar refractivity (Wildman–Crippen MR) is 114 cm³/mol. The first-order chi connectivity index (χ1) is 13.7. The van der Waals surface area contributed by atoms with Gasteiger partial charge in [-0.15, -0.1) is 0 Å². The van der Waals surface area contributed by atoms with Crippen molar-refractivity contribution < 1.29 is 4.42 Å². The summed E-state index contributed by atoms with van der Waals surface area (Å²) in [6, 6.07) is 16.1. The second kappa shape index (κ2) is 7.07. The van der Waals surface area contributed by atoms with Gasteiger partial charge in [0.2, 0.25) is 5.58 Å². The Bertz CT molecular complexity index is 1190. The van der Waals surface area contributed by atoms with Crippen LogP contribution in [0, 0.1) is 0 Å². The fourth-order valence-corrected chi connectivity index (χ4v) is 4.12. The van der Waals surface area contributed by atoms with E-state index < -0.39 is 0 Å². The smallest absolute Gasteiger partial charge is 0.294 e. The summed E-state index contributed by atoms with van der Waals surface area (Å²) in [6.45, 7) is 4.38. The molecule has 1 fully saturated rings. The van der Waals surface area contributed by atoms with Crippen LogP contribution < -0.4 is 10.5 Å². The molecule has 142 valence electrons. The summed E-state index contributed by atoms with van der Waals surface area (Å²) >= 11 is 3.48. The number of aromatic nitrogens is 2. The van der Waals surface area contributed by atoms with Gasteiger partial charge in [0, 0.05) is 41.7 Å². The van der Waals surface area contributed by atoms with Gasteiger partial charge in [0.05, 0.1) is 6.54 Å². The molecule has 0 atom stereocenters. The third-order valence-corrected chi connectivity index (χ3v) is 5.69. The highest BCUT2D eigenvalue weighted by Gasteiger charge is 2.19.